The molecule has 3 rings (SSSR count). The molecule has 0 radical (unpaired) electrons. The zero-order chi connectivity index (χ0) is 20.7. The molecule has 1 N–H and O–H groups in total. The number of nitrogens with zero attached hydrogens (tertiary/aromatic N) is 3. The van der Waals surface area contributed by atoms with E-state index in [2.05, 4.69) is 47.6 Å². The maximum Gasteiger partial charge on any atom is 0.198 e. The first kappa shape index (κ1) is 22.9. The molecule has 6 heteroatoms. The standard InChI is InChI=1S/C23H39N4PS/c1-23(2,3)28(26-17-11-4-5-12-18-26,27-19-13-6-7-14-20-27)25-22(29)24-21-15-9-8-10-16-21/h8-10,15-16H,4-7,11-14,17-20H2,1-3H3,(H,24,29). The van der Waals surface area contributed by atoms with Crippen molar-refractivity contribution >= 4 is 30.4 Å². The Hall–Kier alpha value is -0.740. The third-order valence-corrected chi connectivity index (χ3v) is 11.1. The fourth-order valence-corrected chi connectivity index (χ4v) is 9.82. The number of para-hydroxylation sites is 1. The van der Waals surface area contributed by atoms with Crippen molar-refractivity contribution < 1.29 is 0 Å². The number of rotatable bonds is 3. The van der Waals surface area contributed by atoms with E-state index in [1.165, 1.54) is 51.4 Å². The highest BCUT2D eigenvalue weighted by atomic mass is 32.1. The minimum Gasteiger partial charge on any atom is -0.331 e. The molecule has 4 nitrogen and oxygen atoms in total. The van der Waals surface area contributed by atoms with Gasteiger partial charge >= 0.3 is 0 Å². The first-order valence-corrected chi connectivity index (χ1v) is 13.5. The predicted molar refractivity (Wildman–Crippen MR) is 132 cm³/mol. The van der Waals surface area contributed by atoms with Crippen molar-refractivity contribution in [3.63, 3.8) is 0 Å². The molecule has 0 unspecified atom stereocenters. The quantitative estimate of drug-likeness (QED) is 0.411. The molecule has 0 amide bonds. The average Bonchev–Trinajstić information content (AvgIpc) is 3.11. The largest absolute Gasteiger partial charge is 0.331 e. The second-order valence-electron chi connectivity index (χ2n) is 9.37. The molecular formula is C23H39N4PS. The summed E-state index contributed by atoms with van der Waals surface area (Å²) in [4.78, 5) is 0. The summed E-state index contributed by atoms with van der Waals surface area (Å²) in [6.45, 7) is 11.8. The first-order chi connectivity index (χ1) is 13.9. The summed E-state index contributed by atoms with van der Waals surface area (Å²) in [5.74, 6) is 0. The molecule has 0 spiro atoms. The minimum absolute atomic E-state index is 0.0596. The van der Waals surface area contributed by atoms with Crippen LogP contribution in [0.2, 0.25) is 0 Å². The van der Waals surface area contributed by atoms with Gasteiger partial charge in [-0.1, -0.05) is 64.7 Å². The Bertz CT molecular complexity index is 673. The van der Waals surface area contributed by atoms with Crippen molar-refractivity contribution in [2.45, 2.75) is 77.3 Å². The zero-order valence-corrected chi connectivity index (χ0v) is 20.3. The van der Waals surface area contributed by atoms with Crippen LogP contribution in [0, 0.1) is 0 Å². The molecule has 0 bridgehead atoms. The van der Waals surface area contributed by atoms with Crippen LogP contribution in [0.5, 0.6) is 0 Å². The van der Waals surface area contributed by atoms with E-state index in [1.54, 1.807) is 0 Å². The van der Waals surface area contributed by atoms with Gasteiger partial charge < -0.3 is 5.32 Å². The number of benzene rings is 1. The van der Waals surface area contributed by atoms with Gasteiger partial charge in [-0.3, -0.25) is 9.34 Å². The van der Waals surface area contributed by atoms with Crippen molar-refractivity contribution in [2.75, 3.05) is 31.5 Å². The Morgan fingerprint density at radius 1 is 0.828 bits per heavy atom. The molecule has 2 aliphatic heterocycles. The van der Waals surface area contributed by atoms with E-state index in [9.17, 15) is 0 Å². The molecule has 162 valence electrons. The van der Waals surface area contributed by atoms with Crippen LogP contribution in [0.3, 0.4) is 0 Å². The van der Waals surface area contributed by atoms with E-state index >= 15 is 0 Å². The van der Waals surface area contributed by atoms with Gasteiger partial charge in [0.25, 0.3) is 0 Å². The molecule has 2 fully saturated rings. The van der Waals surface area contributed by atoms with Crippen molar-refractivity contribution in [1.82, 2.24) is 9.34 Å². The van der Waals surface area contributed by atoms with E-state index in [4.69, 9.17) is 17.0 Å². The number of anilines is 1. The van der Waals surface area contributed by atoms with Crippen LogP contribution in [0.1, 0.15) is 72.1 Å². The van der Waals surface area contributed by atoms with Crippen molar-refractivity contribution in [3.8, 4) is 0 Å². The zero-order valence-electron chi connectivity index (χ0n) is 18.6. The van der Waals surface area contributed by atoms with E-state index in [1.807, 2.05) is 18.2 Å². The molecule has 0 saturated carbocycles. The Kier molecular flexibility index (Phi) is 8.32. The molecule has 0 atom stereocenters. The summed E-state index contributed by atoms with van der Waals surface area (Å²) in [7, 11) is -1.99. The Morgan fingerprint density at radius 3 is 1.69 bits per heavy atom. The SMILES string of the molecule is CC(C)(C)P(=NC(=S)Nc1ccccc1)(N1CCCCCC1)N1CCCCCC1. The lowest BCUT2D eigenvalue weighted by molar-refractivity contribution is 0.368. The molecule has 1 aromatic carbocycles. The molecule has 2 saturated heterocycles. The fraction of sp³-hybridized carbons (Fsp3) is 0.696. The molecule has 2 aliphatic rings. The minimum atomic E-state index is -1.99. The molecule has 29 heavy (non-hydrogen) atoms. The summed E-state index contributed by atoms with van der Waals surface area (Å²) in [5.41, 5.74) is 1.03. The predicted octanol–water partition coefficient (Wildman–Crippen LogP) is 6.97. The van der Waals surface area contributed by atoms with Crippen molar-refractivity contribution in [2.24, 2.45) is 4.74 Å². The lowest BCUT2D eigenvalue weighted by Gasteiger charge is -2.50. The van der Waals surface area contributed by atoms with Crippen LogP contribution < -0.4 is 5.32 Å². The highest BCUT2D eigenvalue weighted by molar-refractivity contribution is 7.81. The monoisotopic (exact) mass is 434 g/mol. The highest BCUT2D eigenvalue weighted by Gasteiger charge is 2.44. The van der Waals surface area contributed by atoms with Crippen molar-refractivity contribution in [1.29, 1.82) is 0 Å². The number of hydrogen-bond donors (Lipinski definition) is 1. The van der Waals surface area contributed by atoms with Crippen molar-refractivity contribution in [3.05, 3.63) is 30.3 Å². The van der Waals surface area contributed by atoms with E-state index in [0.29, 0.717) is 5.11 Å². The summed E-state index contributed by atoms with van der Waals surface area (Å²) in [6.07, 6.45) is 10.5. The van der Waals surface area contributed by atoms with Crippen LogP contribution in [-0.2, 0) is 0 Å². The Morgan fingerprint density at radius 2 is 1.28 bits per heavy atom. The van der Waals surface area contributed by atoms with Gasteiger partial charge in [-0.25, -0.2) is 4.74 Å². The molecular weight excluding hydrogens is 395 g/mol. The Labute approximate surface area is 183 Å². The lowest BCUT2D eigenvalue weighted by Crippen LogP contribution is -2.42. The van der Waals surface area contributed by atoms with Gasteiger partial charge in [0, 0.05) is 37.0 Å². The van der Waals surface area contributed by atoms with Gasteiger partial charge in [0.1, 0.15) is 7.36 Å². The molecule has 2 heterocycles. The van der Waals surface area contributed by atoms with Crippen LogP contribution in [-0.4, -0.2) is 45.8 Å². The number of hydrogen-bond acceptors (Lipinski definition) is 1. The lowest BCUT2D eigenvalue weighted by atomic mass is 10.2. The summed E-state index contributed by atoms with van der Waals surface area (Å²) in [5, 5.41) is 4.12. The number of thiocarbonyl (C=S) groups is 1. The summed E-state index contributed by atoms with van der Waals surface area (Å²) >= 11 is 5.86. The van der Waals surface area contributed by atoms with E-state index in [-0.39, 0.29) is 5.16 Å². The maximum atomic E-state index is 5.86. The second kappa shape index (κ2) is 10.5. The maximum absolute atomic E-state index is 5.86. The molecule has 0 aliphatic carbocycles. The Balaban J connectivity index is 2.04. The second-order valence-corrected chi connectivity index (χ2v) is 13.6. The van der Waals surface area contributed by atoms with Gasteiger partial charge in [-0.05, 0) is 50.0 Å². The van der Waals surface area contributed by atoms with E-state index < -0.39 is 7.36 Å². The third kappa shape index (κ3) is 5.70. The molecule has 0 aromatic heterocycles. The smallest absolute Gasteiger partial charge is 0.198 e. The highest BCUT2D eigenvalue weighted by Crippen LogP contribution is 2.66. The van der Waals surface area contributed by atoms with Crippen LogP contribution in [0.4, 0.5) is 5.69 Å². The van der Waals surface area contributed by atoms with E-state index in [0.717, 1.165) is 31.9 Å². The van der Waals surface area contributed by atoms with Crippen LogP contribution in [0.25, 0.3) is 0 Å². The number of nitrogens with one attached hydrogen (secondary N) is 1. The third-order valence-electron chi connectivity index (χ3n) is 6.11. The van der Waals surface area contributed by atoms with Gasteiger partial charge in [0.2, 0.25) is 0 Å². The topological polar surface area (TPSA) is 30.9 Å². The molecule has 1 aromatic rings. The first-order valence-electron chi connectivity index (χ1n) is 11.4. The average molecular weight is 435 g/mol. The van der Waals surface area contributed by atoms with Gasteiger partial charge in [0.05, 0.1) is 0 Å². The van der Waals surface area contributed by atoms with Gasteiger partial charge in [-0.15, -0.1) is 0 Å². The van der Waals surface area contributed by atoms with Crippen LogP contribution >= 0.6 is 19.6 Å². The van der Waals surface area contributed by atoms with Crippen LogP contribution in [0.15, 0.2) is 35.1 Å². The van der Waals surface area contributed by atoms with Gasteiger partial charge in [0.15, 0.2) is 5.11 Å². The normalized spacial score (nSPS) is 20.5. The summed E-state index contributed by atoms with van der Waals surface area (Å²) < 4.78 is 11.0. The van der Waals surface area contributed by atoms with Gasteiger partial charge in [-0.2, -0.15) is 0 Å². The summed E-state index contributed by atoms with van der Waals surface area (Å²) in [6, 6.07) is 10.3. The fourth-order valence-electron chi connectivity index (χ4n) is 4.77.